The summed E-state index contributed by atoms with van der Waals surface area (Å²) in [4.78, 5) is 30.3. The van der Waals surface area contributed by atoms with Gasteiger partial charge in [-0.2, -0.15) is 0 Å². The van der Waals surface area contributed by atoms with Crippen molar-refractivity contribution >= 4 is 17.4 Å². The van der Waals surface area contributed by atoms with Crippen molar-refractivity contribution in [2.75, 3.05) is 11.4 Å². The third-order valence-electron chi connectivity index (χ3n) is 5.22. The largest absolute Gasteiger partial charge is 0.481 e. The van der Waals surface area contributed by atoms with Crippen LogP contribution in [0.25, 0.3) is 11.1 Å². The number of pyridine rings is 1. The second-order valence-corrected chi connectivity index (χ2v) is 7.01. The highest BCUT2D eigenvalue weighted by Crippen LogP contribution is 2.34. The third-order valence-corrected chi connectivity index (χ3v) is 5.22. The highest BCUT2D eigenvalue weighted by molar-refractivity contribution is 6.02. The van der Waals surface area contributed by atoms with Crippen LogP contribution in [0.2, 0.25) is 0 Å². The van der Waals surface area contributed by atoms with E-state index in [2.05, 4.69) is 4.98 Å². The minimum Gasteiger partial charge on any atom is -0.481 e. The molecule has 0 saturated heterocycles. The number of hydrogen-bond donors (Lipinski definition) is 1. The predicted molar refractivity (Wildman–Crippen MR) is 108 cm³/mol. The summed E-state index contributed by atoms with van der Waals surface area (Å²) in [6, 6.07) is 17.1. The van der Waals surface area contributed by atoms with E-state index in [-0.39, 0.29) is 5.78 Å². The molecule has 5 heteroatoms. The molecule has 1 aliphatic heterocycles. The van der Waals surface area contributed by atoms with Crippen molar-refractivity contribution in [3.63, 3.8) is 0 Å². The summed E-state index contributed by atoms with van der Waals surface area (Å²) in [6.45, 7) is 2.62. The molecule has 0 fully saturated rings. The van der Waals surface area contributed by atoms with Gasteiger partial charge in [0.1, 0.15) is 0 Å². The molecular weight excluding hydrogens is 352 g/mol. The number of carbonyl (C=O) groups excluding carboxylic acids is 1. The number of anilines is 1. The Morgan fingerprint density at radius 1 is 1.07 bits per heavy atom. The van der Waals surface area contributed by atoms with Crippen molar-refractivity contribution in [3.05, 3.63) is 83.7 Å². The zero-order valence-electron chi connectivity index (χ0n) is 15.5. The summed E-state index contributed by atoms with van der Waals surface area (Å²) in [7, 11) is 0. The Balaban J connectivity index is 1.77. The minimum absolute atomic E-state index is 0.0905. The van der Waals surface area contributed by atoms with Gasteiger partial charge < -0.3 is 10.0 Å². The van der Waals surface area contributed by atoms with Gasteiger partial charge in [-0.3, -0.25) is 14.6 Å². The van der Waals surface area contributed by atoms with Crippen molar-refractivity contribution in [2.24, 2.45) is 0 Å². The molecule has 1 aliphatic rings. The van der Waals surface area contributed by atoms with E-state index in [0.29, 0.717) is 13.1 Å². The molecule has 28 heavy (non-hydrogen) atoms. The summed E-state index contributed by atoms with van der Waals surface area (Å²) in [5.74, 6) is -1.43. The lowest BCUT2D eigenvalue weighted by molar-refractivity contribution is -0.138. The van der Waals surface area contributed by atoms with Crippen LogP contribution < -0.4 is 4.90 Å². The molecule has 1 aromatic heterocycles. The first-order valence-electron chi connectivity index (χ1n) is 9.18. The van der Waals surface area contributed by atoms with Crippen molar-refractivity contribution in [3.8, 4) is 11.1 Å². The number of ketones is 1. The summed E-state index contributed by atoms with van der Waals surface area (Å²) >= 11 is 0. The molecule has 0 spiro atoms. The summed E-state index contributed by atoms with van der Waals surface area (Å²) in [6.07, 6.45) is 3.42. The van der Waals surface area contributed by atoms with Gasteiger partial charge in [0.15, 0.2) is 5.78 Å². The van der Waals surface area contributed by atoms with E-state index >= 15 is 0 Å². The molecule has 3 aromatic rings. The lowest BCUT2D eigenvalue weighted by Crippen LogP contribution is -2.35. The summed E-state index contributed by atoms with van der Waals surface area (Å²) in [5.41, 5.74) is 5.09. The third kappa shape index (κ3) is 3.27. The molecule has 1 unspecified atom stereocenters. The summed E-state index contributed by atoms with van der Waals surface area (Å²) < 4.78 is 0. The molecule has 0 radical (unpaired) electrons. The van der Waals surface area contributed by atoms with Crippen LogP contribution in [0.1, 0.15) is 34.3 Å². The van der Waals surface area contributed by atoms with Crippen LogP contribution in [0.5, 0.6) is 0 Å². The smallest absolute Gasteiger partial charge is 0.310 e. The number of aliphatic carboxylic acids is 1. The summed E-state index contributed by atoms with van der Waals surface area (Å²) in [5, 5.41) is 9.50. The Hall–Kier alpha value is -3.47. The molecule has 1 N–H and O–H groups in total. The van der Waals surface area contributed by atoms with Gasteiger partial charge in [-0.05, 0) is 41.8 Å². The van der Waals surface area contributed by atoms with Crippen LogP contribution in [0.4, 0.5) is 5.69 Å². The Labute approximate surface area is 163 Å². The number of carboxylic acid groups (broad SMARTS) is 1. The molecule has 5 nitrogen and oxygen atoms in total. The van der Waals surface area contributed by atoms with Crippen LogP contribution in [0.3, 0.4) is 0 Å². The topological polar surface area (TPSA) is 70.5 Å². The lowest BCUT2D eigenvalue weighted by atomic mass is 9.91. The first kappa shape index (κ1) is 17.9. The van der Waals surface area contributed by atoms with E-state index < -0.39 is 11.9 Å². The van der Waals surface area contributed by atoms with Gasteiger partial charge in [-0.25, -0.2) is 0 Å². The van der Waals surface area contributed by atoms with Gasteiger partial charge in [0.25, 0.3) is 0 Å². The van der Waals surface area contributed by atoms with Gasteiger partial charge in [-0.1, -0.05) is 36.4 Å². The van der Waals surface area contributed by atoms with Crippen molar-refractivity contribution in [1.82, 2.24) is 4.98 Å². The number of carbonyl (C=O) groups is 2. The standard InChI is InChI=1S/C23H20N2O3/c1-15(23(27)28)19-9-8-18(11-21(19)16-6-4-10-24-12-16)25-13-17-5-2-3-7-20(17)22(26)14-25/h2-12,15H,13-14H2,1H3,(H,27,28). The lowest BCUT2D eigenvalue weighted by Gasteiger charge is -2.30. The molecule has 140 valence electrons. The second kappa shape index (κ2) is 7.27. The first-order chi connectivity index (χ1) is 13.5. The average Bonchev–Trinajstić information content (AvgIpc) is 2.73. The molecular formula is C23H20N2O3. The van der Waals surface area contributed by atoms with Crippen molar-refractivity contribution in [2.45, 2.75) is 19.4 Å². The minimum atomic E-state index is -0.875. The molecule has 0 amide bonds. The number of carboxylic acids is 1. The quantitative estimate of drug-likeness (QED) is 0.745. The maximum Gasteiger partial charge on any atom is 0.310 e. The van der Waals surface area contributed by atoms with Crippen LogP contribution in [0.15, 0.2) is 67.0 Å². The number of benzene rings is 2. The number of hydrogen-bond acceptors (Lipinski definition) is 4. The van der Waals surface area contributed by atoms with Crippen molar-refractivity contribution in [1.29, 1.82) is 0 Å². The Morgan fingerprint density at radius 2 is 1.89 bits per heavy atom. The first-order valence-corrected chi connectivity index (χ1v) is 9.18. The van der Waals surface area contributed by atoms with Crippen molar-refractivity contribution < 1.29 is 14.7 Å². The van der Waals surface area contributed by atoms with E-state index in [1.165, 1.54) is 0 Å². The van der Waals surface area contributed by atoms with E-state index in [9.17, 15) is 14.7 Å². The SMILES string of the molecule is CC(C(=O)O)c1ccc(N2CC(=O)c3ccccc3C2)cc1-c1cccnc1. The van der Waals surface area contributed by atoms with Crippen LogP contribution in [0, 0.1) is 0 Å². The van der Waals surface area contributed by atoms with E-state index in [1.54, 1.807) is 19.3 Å². The molecule has 0 aliphatic carbocycles. The van der Waals surface area contributed by atoms with Gasteiger partial charge in [0.2, 0.25) is 0 Å². The Kier molecular flexibility index (Phi) is 4.65. The van der Waals surface area contributed by atoms with E-state index in [1.807, 2.05) is 59.5 Å². The van der Waals surface area contributed by atoms with Gasteiger partial charge in [0, 0.05) is 35.8 Å². The normalized spacial score (nSPS) is 14.5. The van der Waals surface area contributed by atoms with E-state index in [0.717, 1.165) is 33.5 Å². The fourth-order valence-corrected chi connectivity index (χ4v) is 3.66. The highest BCUT2D eigenvalue weighted by atomic mass is 16.4. The Morgan fingerprint density at radius 3 is 2.64 bits per heavy atom. The molecule has 2 heterocycles. The van der Waals surface area contributed by atoms with Crippen LogP contribution in [-0.4, -0.2) is 28.4 Å². The number of aromatic nitrogens is 1. The fourth-order valence-electron chi connectivity index (χ4n) is 3.66. The molecule has 0 bridgehead atoms. The zero-order valence-corrected chi connectivity index (χ0v) is 15.5. The van der Waals surface area contributed by atoms with Gasteiger partial charge in [0.05, 0.1) is 12.5 Å². The van der Waals surface area contributed by atoms with Crippen LogP contribution >= 0.6 is 0 Å². The number of fused-ring (bicyclic) bond motifs is 1. The monoisotopic (exact) mass is 372 g/mol. The molecule has 0 saturated carbocycles. The molecule has 1 atom stereocenters. The predicted octanol–water partition coefficient (Wildman–Crippen LogP) is 4.14. The molecule has 2 aromatic carbocycles. The van der Waals surface area contributed by atoms with Gasteiger partial charge >= 0.3 is 5.97 Å². The number of Topliss-reactive ketones (excluding diaryl/α,β-unsaturated/α-hetero) is 1. The Bertz CT molecular complexity index is 1050. The van der Waals surface area contributed by atoms with Gasteiger partial charge in [-0.15, -0.1) is 0 Å². The molecule has 4 rings (SSSR count). The second-order valence-electron chi connectivity index (χ2n) is 7.01. The maximum atomic E-state index is 12.6. The highest BCUT2D eigenvalue weighted by Gasteiger charge is 2.25. The zero-order chi connectivity index (χ0) is 19.7. The maximum absolute atomic E-state index is 12.6. The fraction of sp³-hybridized carbons (Fsp3) is 0.174. The number of nitrogens with zero attached hydrogens (tertiary/aromatic N) is 2. The van der Waals surface area contributed by atoms with Crippen LogP contribution in [-0.2, 0) is 11.3 Å². The number of rotatable bonds is 4. The van der Waals surface area contributed by atoms with E-state index in [4.69, 9.17) is 0 Å². The average molecular weight is 372 g/mol.